The number of carbonyl (C=O) groups is 1. The Morgan fingerprint density at radius 2 is 1.93 bits per heavy atom. The van der Waals surface area contributed by atoms with Gasteiger partial charge in [-0.25, -0.2) is 4.98 Å². The molecule has 1 N–H and O–H groups in total. The van der Waals surface area contributed by atoms with Crippen LogP contribution < -0.4 is 10.1 Å². The summed E-state index contributed by atoms with van der Waals surface area (Å²) in [7, 11) is 0. The number of nitrogens with one attached hydrogen (secondary N) is 1. The third-order valence-electron chi connectivity index (χ3n) is 4.23. The predicted molar refractivity (Wildman–Crippen MR) is 96.4 cm³/mol. The third kappa shape index (κ3) is 5.43. The summed E-state index contributed by atoms with van der Waals surface area (Å²) in [5.74, 6) is -0.474. The quantitative estimate of drug-likeness (QED) is 0.815. The number of benzene rings is 1. The maximum atomic E-state index is 13.0. The molecule has 0 unspecified atom stereocenters. The highest BCUT2D eigenvalue weighted by Gasteiger charge is 2.34. The molecule has 0 radical (unpaired) electrons. The fourth-order valence-electron chi connectivity index (χ4n) is 2.77. The molecule has 1 aromatic heterocycles. The largest absolute Gasteiger partial charge is 0.476 e. The van der Waals surface area contributed by atoms with Crippen molar-refractivity contribution in [1.29, 1.82) is 0 Å². The van der Waals surface area contributed by atoms with Crippen LogP contribution in [0, 0.1) is 0 Å². The lowest BCUT2D eigenvalue weighted by Gasteiger charge is -2.26. The lowest BCUT2D eigenvalue weighted by atomic mass is 10.1. The van der Waals surface area contributed by atoms with Gasteiger partial charge in [0.25, 0.3) is 5.91 Å². The summed E-state index contributed by atoms with van der Waals surface area (Å²) in [6, 6.07) is 7.72. The molecule has 3 rings (SSSR count). The van der Waals surface area contributed by atoms with E-state index in [0.717, 1.165) is 31.8 Å². The summed E-state index contributed by atoms with van der Waals surface area (Å²) in [6.07, 6.45) is -3.26. The van der Waals surface area contributed by atoms with E-state index in [1.807, 2.05) is 0 Å². The van der Waals surface area contributed by atoms with Crippen molar-refractivity contribution in [3.05, 3.63) is 53.7 Å². The van der Waals surface area contributed by atoms with Gasteiger partial charge in [-0.05, 0) is 18.2 Å². The smallest absolute Gasteiger partial charge is 0.417 e. The molecule has 9 heteroatoms. The van der Waals surface area contributed by atoms with Gasteiger partial charge in [0.05, 0.1) is 36.2 Å². The lowest BCUT2D eigenvalue weighted by molar-refractivity contribution is -0.137. The van der Waals surface area contributed by atoms with Crippen molar-refractivity contribution in [3.63, 3.8) is 0 Å². The van der Waals surface area contributed by atoms with Crippen LogP contribution in [0.1, 0.15) is 15.9 Å². The summed E-state index contributed by atoms with van der Waals surface area (Å²) >= 11 is 0. The second-order valence-electron chi connectivity index (χ2n) is 6.19. The first-order valence-electron chi connectivity index (χ1n) is 8.80. The first kappa shape index (κ1) is 20.1. The van der Waals surface area contributed by atoms with E-state index >= 15 is 0 Å². The van der Waals surface area contributed by atoms with Crippen LogP contribution in [0.2, 0.25) is 0 Å². The Hall–Kier alpha value is -2.65. The lowest BCUT2D eigenvalue weighted by Crippen LogP contribution is -2.38. The minimum atomic E-state index is -4.61. The number of halogens is 3. The van der Waals surface area contributed by atoms with Crippen LogP contribution in [0.4, 0.5) is 18.9 Å². The highest BCUT2D eigenvalue weighted by Crippen LogP contribution is 2.32. The zero-order valence-electron chi connectivity index (χ0n) is 15.0. The van der Waals surface area contributed by atoms with Crippen LogP contribution >= 0.6 is 0 Å². The van der Waals surface area contributed by atoms with Crippen LogP contribution in [-0.4, -0.2) is 55.2 Å². The van der Waals surface area contributed by atoms with Crippen molar-refractivity contribution >= 4 is 11.6 Å². The molecule has 1 aromatic carbocycles. The van der Waals surface area contributed by atoms with Crippen LogP contribution in [-0.2, 0) is 10.9 Å². The zero-order valence-corrected chi connectivity index (χ0v) is 15.0. The standard InChI is InChI=1S/C19H20F3N3O3/c20-19(21,22)16-4-2-1-3-15(16)18(26)24-14-5-6-17(23-13-14)28-12-9-25-7-10-27-11-8-25/h1-6,13H,7-12H2,(H,24,26). The fourth-order valence-corrected chi connectivity index (χ4v) is 2.77. The van der Waals surface area contributed by atoms with E-state index < -0.39 is 23.2 Å². The normalized spacial score (nSPS) is 15.2. The van der Waals surface area contributed by atoms with E-state index in [0.29, 0.717) is 25.7 Å². The van der Waals surface area contributed by atoms with Crippen molar-refractivity contribution in [2.75, 3.05) is 44.8 Å². The highest BCUT2D eigenvalue weighted by molar-refractivity contribution is 6.05. The molecule has 1 aliphatic heterocycles. The molecular formula is C19H20F3N3O3. The van der Waals surface area contributed by atoms with Gasteiger partial charge < -0.3 is 14.8 Å². The molecule has 2 heterocycles. The Morgan fingerprint density at radius 1 is 1.18 bits per heavy atom. The number of pyridine rings is 1. The number of aromatic nitrogens is 1. The number of anilines is 1. The van der Waals surface area contributed by atoms with E-state index in [-0.39, 0.29) is 5.69 Å². The second kappa shape index (κ2) is 9.03. The minimum absolute atomic E-state index is 0.280. The van der Waals surface area contributed by atoms with Gasteiger partial charge in [0.15, 0.2) is 0 Å². The molecule has 0 atom stereocenters. The second-order valence-corrected chi connectivity index (χ2v) is 6.19. The molecule has 0 saturated carbocycles. The molecule has 1 amide bonds. The van der Waals surface area contributed by atoms with Crippen molar-refractivity contribution in [3.8, 4) is 5.88 Å². The Morgan fingerprint density at radius 3 is 2.61 bits per heavy atom. The first-order valence-corrected chi connectivity index (χ1v) is 8.80. The number of alkyl halides is 3. The Bertz CT molecular complexity index is 791. The maximum absolute atomic E-state index is 13.0. The monoisotopic (exact) mass is 395 g/mol. The average Bonchev–Trinajstić information content (AvgIpc) is 2.69. The molecule has 150 valence electrons. The van der Waals surface area contributed by atoms with Crippen molar-refractivity contribution < 1.29 is 27.4 Å². The fraction of sp³-hybridized carbons (Fsp3) is 0.368. The average molecular weight is 395 g/mol. The summed E-state index contributed by atoms with van der Waals surface area (Å²) in [6.45, 7) is 4.35. The van der Waals surface area contributed by atoms with Crippen molar-refractivity contribution in [2.24, 2.45) is 0 Å². The molecule has 1 saturated heterocycles. The zero-order chi connectivity index (χ0) is 20.0. The molecular weight excluding hydrogens is 375 g/mol. The summed E-state index contributed by atoms with van der Waals surface area (Å²) in [5.41, 5.74) is -1.15. The number of nitrogens with zero attached hydrogens (tertiary/aromatic N) is 2. The van der Waals surface area contributed by atoms with E-state index in [1.165, 1.54) is 24.4 Å². The predicted octanol–water partition coefficient (Wildman–Crippen LogP) is 3.06. The van der Waals surface area contributed by atoms with Crippen molar-refractivity contribution in [2.45, 2.75) is 6.18 Å². The van der Waals surface area contributed by atoms with Crippen LogP contribution in [0.15, 0.2) is 42.6 Å². The number of ether oxygens (including phenoxy) is 2. The van der Waals surface area contributed by atoms with E-state index in [1.54, 1.807) is 6.07 Å². The molecule has 1 aliphatic rings. The highest BCUT2D eigenvalue weighted by atomic mass is 19.4. The van der Waals surface area contributed by atoms with Gasteiger partial charge in [-0.15, -0.1) is 0 Å². The number of morpholine rings is 1. The third-order valence-corrected chi connectivity index (χ3v) is 4.23. The summed E-state index contributed by atoms with van der Waals surface area (Å²) < 4.78 is 49.9. The van der Waals surface area contributed by atoms with Crippen LogP contribution in [0.5, 0.6) is 5.88 Å². The van der Waals surface area contributed by atoms with E-state index in [2.05, 4.69) is 15.2 Å². The van der Waals surface area contributed by atoms with Gasteiger partial charge in [-0.3, -0.25) is 9.69 Å². The molecule has 28 heavy (non-hydrogen) atoms. The van der Waals surface area contributed by atoms with Crippen molar-refractivity contribution in [1.82, 2.24) is 9.88 Å². The van der Waals surface area contributed by atoms with Crippen LogP contribution in [0.3, 0.4) is 0 Å². The molecule has 0 spiro atoms. The van der Waals surface area contributed by atoms with Gasteiger partial charge in [-0.1, -0.05) is 12.1 Å². The summed E-state index contributed by atoms with van der Waals surface area (Å²) in [5, 5.41) is 2.43. The van der Waals surface area contributed by atoms with Gasteiger partial charge >= 0.3 is 6.18 Å². The number of hydrogen-bond donors (Lipinski definition) is 1. The number of carbonyl (C=O) groups excluding carboxylic acids is 1. The number of amides is 1. The van der Waals surface area contributed by atoms with Crippen LogP contribution in [0.25, 0.3) is 0 Å². The van der Waals surface area contributed by atoms with E-state index in [4.69, 9.17) is 9.47 Å². The Labute approximate surface area is 160 Å². The van der Waals surface area contributed by atoms with Gasteiger partial charge in [0, 0.05) is 25.7 Å². The Balaban J connectivity index is 1.55. The molecule has 1 fully saturated rings. The van der Waals surface area contributed by atoms with Gasteiger partial charge in [0.1, 0.15) is 6.61 Å². The van der Waals surface area contributed by atoms with E-state index in [9.17, 15) is 18.0 Å². The first-order chi connectivity index (χ1) is 13.4. The maximum Gasteiger partial charge on any atom is 0.417 e. The SMILES string of the molecule is O=C(Nc1ccc(OCCN2CCOCC2)nc1)c1ccccc1C(F)(F)F. The molecule has 0 aliphatic carbocycles. The minimum Gasteiger partial charge on any atom is -0.476 e. The summed E-state index contributed by atoms with van der Waals surface area (Å²) in [4.78, 5) is 18.5. The van der Waals surface area contributed by atoms with Gasteiger partial charge in [-0.2, -0.15) is 13.2 Å². The molecule has 2 aromatic rings. The topological polar surface area (TPSA) is 63.7 Å². The van der Waals surface area contributed by atoms with Gasteiger partial charge in [0.2, 0.25) is 5.88 Å². The number of rotatable bonds is 6. The Kier molecular flexibility index (Phi) is 6.48. The molecule has 0 bridgehead atoms. The molecule has 6 nitrogen and oxygen atoms in total. The number of hydrogen-bond acceptors (Lipinski definition) is 5.